The van der Waals surface area contributed by atoms with Gasteiger partial charge in [-0.3, -0.25) is 9.89 Å². The average Bonchev–Trinajstić information content (AvgIpc) is 2.83. The second-order valence-corrected chi connectivity index (χ2v) is 3.27. The van der Waals surface area contributed by atoms with Crippen LogP contribution in [0, 0.1) is 11.6 Å². The Hall–Kier alpha value is -2.44. The monoisotopic (exact) mass is 238 g/mol. The van der Waals surface area contributed by atoms with Gasteiger partial charge in [-0.2, -0.15) is 5.10 Å². The molecule has 5 nitrogen and oxygen atoms in total. The number of nitrogens with one attached hydrogen (secondary N) is 2. The first-order valence-electron chi connectivity index (χ1n) is 4.63. The van der Waals surface area contributed by atoms with Gasteiger partial charge in [0.1, 0.15) is 5.69 Å². The van der Waals surface area contributed by atoms with Crippen molar-refractivity contribution in [2.45, 2.75) is 0 Å². The van der Waals surface area contributed by atoms with E-state index >= 15 is 0 Å². The Morgan fingerprint density at radius 3 is 2.82 bits per heavy atom. The number of aromatic nitrogens is 2. The molecule has 1 amide bonds. The molecule has 1 aromatic heterocycles. The lowest BCUT2D eigenvalue weighted by Crippen LogP contribution is -2.14. The number of benzene rings is 1. The number of nitrogen functional groups attached to an aromatic ring is 1. The highest BCUT2D eigenvalue weighted by Crippen LogP contribution is 2.24. The molecule has 0 bridgehead atoms. The molecule has 0 spiro atoms. The first kappa shape index (κ1) is 11.1. The van der Waals surface area contributed by atoms with Gasteiger partial charge in [-0.15, -0.1) is 0 Å². The van der Waals surface area contributed by atoms with Gasteiger partial charge in [0, 0.05) is 6.20 Å². The predicted octanol–water partition coefficient (Wildman–Crippen LogP) is 1.52. The summed E-state index contributed by atoms with van der Waals surface area (Å²) in [5, 5.41) is 8.17. The number of carbonyl (C=O) groups excluding carboxylic acids is 1. The zero-order chi connectivity index (χ0) is 12.4. The molecule has 0 aliphatic carbocycles. The molecule has 0 aliphatic heterocycles. The van der Waals surface area contributed by atoms with Crippen molar-refractivity contribution in [1.29, 1.82) is 0 Å². The number of anilines is 2. The minimum atomic E-state index is -1.19. The number of aromatic amines is 1. The normalized spacial score (nSPS) is 10.2. The maximum atomic E-state index is 13.4. The third-order valence-electron chi connectivity index (χ3n) is 2.13. The van der Waals surface area contributed by atoms with Crippen molar-refractivity contribution in [3.8, 4) is 0 Å². The lowest BCUT2D eigenvalue weighted by molar-refractivity contribution is 0.102. The van der Waals surface area contributed by atoms with Gasteiger partial charge in [-0.1, -0.05) is 0 Å². The van der Waals surface area contributed by atoms with E-state index in [2.05, 4.69) is 15.5 Å². The van der Waals surface area contributed by atoms with Crippen molar-refractivity contribution in [2.75, 3.05) is 11.1 Å². The smallest absolute Gasteiger partial charge is 0.258 e. The van der Waals surface area contributed by atoms with Crippen LogP contribution in [0.2, 0.25) is 0 Å². The maximum absolute atomic E-state index is 13.4. The number of halogens is 2. The number of carbonyl (C=O) groups is 1. The van der Waals surface area contributed by atoms with Crippen LogP contribution in [-0.2, 0) is 0 Å². The lowest BCUT2D eigenvalue weighted by Gasteiger charge is -2.08. The Bertz CT molecular complexity index is 554. The zero-order valence-electron chi connectivity index (χ0n) is 8.50. The summed E-state index contributed by atoms with van der Waals surface area (Å²) < 4.78 is 26.3. The van der Waals surface area contributed by atoms with Gasteiger partial charge in [-0.05, 0) is 12.1 Å². The van der Waals surface area contributed by atoms with Gasteiger partial charge >= 0.3 is 0 Å². The van der Waals surface area contributed by atoms with E-state index in [0.29, 0.717) is 0 Å². The summed E-state index contributed by atoms with van der Waals surface area (Å²) in [5.41, 5.74) is 5.20. The van der Waals surface area contributed by atoms with E-state index in [4.69, 9.17) is 5.73 Å². The molecule has 17 heavy (non-hydrogen) atoms. The number of nitrogens with zero attached hydrogens (tertiary/aromatic N) is 1. The largest absolute Gasteiger partial charge is 0.397 e. The highest BCUT2D eigenvalue weighted by Gasteiger charge is 2.15. The van der Waals surface area contributed by atoms with Crippen LogP contribution in [0.25, 0.3) is 0 Å². The summed E-state index contributed by atoms with van der Waals surface area (Å²) in [6.45, 7) is 0. The number of rotatable bonds is 2. The SMILES string of the molecule is Nc1ccc(F)c(F)c1NC(=O)c1cn[nH]c1. The average molecular weight is 238 g/mol. The third kappa shape index (κ3) is 2.07. The van der Waals surface area contributed by atoms with E-state index in [1.165, 1.54) is 18.5 Å². The van der Waals surface area contributed by atoms with E-state index in [0.717, 1.165) is 6.07 Å². The molecule has 0 aliphatic rings. The lowest BCUT2D eigenvalue weighted by atomic mass is 10.2. The van der Waals surface area contributed by atoms with E-state index in [9.17, 15) is 13.6 Å². The van der Waals surface area contributed by atoms with E-state index in [1.807, 2.05) is 0 Å². The first-order chi connectivity index (χ1) is 8.09. The minimum absolute atomic E-state index is 0.0549. The third-order valence-corrected chi connectivity index (χ3v) is 2.13. The van der Waals surface area contributed by atoms with Crippen molar-refractivity contribution < 1.29 is 13.6 Å². The molecule has 2 rings (SSSR count). The molecule has 2 aromatic rings. The second-order valence-electron chi connectivity index (χ2n) is 3.27. The fourth-order valence-corrected chi connectivity index (χ4v) is 1.25. The van der Waals surface area contributed by atoms with Crippen LogP contribution in [0.5, 0.6) is 0 Å². The Morgan fingerprint density at radius 2 is 2.18 bits per heavy atom. The zero-order valence-corrected chi connectivity index (χ0v) is 8.50. The molecular weight excluding hydrogens is 230 g/mol. The van der Waals surface area contributed by atoms with E-state index in [1.54, 1.807) is 0 Å². The molecule has 0 radical (unpaired) electrons. The molecule has 0 fully saturated rings. The Balaban J connectivity index is 2.31. The van der Waals surface area contributed by atoms with Gasteiger partial charge in [0.05, 0.1) is 17.4 Å². The molecule has 0 saturated carbocycles. The predicted molar refractivity (Wildman–Crippen MR) is 57.3 cm³/mol. The van der Waals surface area contributed by atoms with Crippen molar-refractivity contribution in [2.24, 2.45) is 0 Å². The number of hydrogen-bond donors (Lipinski definition) is 3. The van der Waals surface area contributed by atoms with Gasteiger partial charge < -0.3 is 11.1 Å². The number of nitrogens with two attached hydrogens (primary N) is 1. The quantitative estimate of drug-likeness (QED) is 0.693. The molecule has 0 atom stereocenters. The van der Waals surface area contributed by atoms with E-state index in [-0.39, 0.29) is 16.9 Å². The maximum Gasteiger partial charge on any atom is 0.258 e. The highest BCUT2D eigenvalue weighted by atomic mass is 19.2. The molecule has 1 heterocycles. The molecule has 1 aromatic carbocycles. The van der Waals surface area contributed by atoms with Crippen LogP contribution < -0.4 is 11.1 Å². The molecule has 0 unspecified atom stereocenters. The molecule has 4 N–H and O–H groups in total. The standard InChI is InChI=1S/C10H8F2N4O/c11-6-1-2-7(13)9(8(6)12)16-10(17)5-3-14-15-4-5/h1-4H,13H2,(H,14,15)(H,16,17). The topological polar surface area (TPSA) is 83.8 Å². The Labute approximate surface area is 94.6 Å². The van der Waals surface area contributed by atoms with Gasteiger partial charge in [-0.25, -0.2) is 8.78 Å². The number of H-pyrrole nitrogens is 1. The Morgan fingerprint density at radius 1 is 1.41 bits per heavy atom. The van der Waals surface area contributed by atoms with Crippen molar-refractivity contribution >= 4 is 17.3 Å². The summed E-state index contributed by atoms with van der Waals surface area (Å²) in [7, 11) is 0. The van der Waals surface area contributed by atoms with Crippen LogP contribution in [0.15, 0.2) is 24.5 Å². The summed E-state index contributed by atoms with van der Waals surface area (Å²) in [5.74, 6) is -2.90. The van der Waals surface area contributed by atoms with Crippen molar-refractivity contribution in [3.05, 3.63) is 41.7 Å². The summed E-state index contributed by atoms with van der Waals surface area (Å²) in [4.78, 5) is 11.6. The van der Waals surface area contributed by atoms with Crippen LogP contribution >= 0.6 is 0 Å². The molecule has 7 heteroatoms. The van der Waals surface area contributed by atoms with Crippen LogP contribution in [-0.4, -0.2) is 16.1 Å². The van der Waals surface area contributed by atoms with Crippen LogP contribution in [0.4, 0.5) is 20.2 Å². The summed E-state index contributed by atoms with van der Waals surface area (Å²) in [6, 6.07) is 2.06. The fourth-order valence-electron chi connectivity index (χ4n) is 1.25. The minimum Gasteiger partial charge on any atom is -0.397 e. The summed E-state index contributed by atoms with van der Waals surface area (Å²) in [6.07, 6.45) is 2.57. The molecular formula is C10H8F2N4O. The van der Waals surface area contributed by atoms with Crippen molar-refractivity contribution in [1.82, 2.24) is 10.2 Å². The Kier molecular flexibility index (Phi) is 2.73. The fraction of sp³-hybridized carbons (Fsp3) is 0. The van der Waals surface area contributed by atoms with Crippen LogP contribution in [0.3, 0.4) is 0 Å². The van der Waals surface area contributed by atoms with E-state index < -0.39 is 17.5 Å². The first-order valence-corrected chi connectivity index (χ1v) is 4.63. The summed E-state index contributed by atoms with van der Waals surface area (Å²) >= 11 is 0. The van der Waals surface area contributed by atoms with Gasteiger partial charge in [0.2, 0.25) is 0 Å². The number of amides is 1. The van der Waals surface area contributed by atoms with Crippen molar-refractivity contribution in [3.63, 3.8) is 0 Å². The number of hydrogen-bond acceptors (Lipinski definition) is 3. The second kappa shape index (κ2) is 4.20. The van der Waals surface area contributed by atoms with Gasteiger partial charge in [0.15, 0.2) is 11.6 Å². The van der Waals surface area contributed by atoms with Crippen LogP contribution in [0.1, 0.15) is 10.4 Å². The molecule has 0 saturated heterocycles. The van der Waals surface area contributed by atoms with Gasteiger partial charge in [0.25, 0.3) is 5.91 Å². The highest BCUT2D eigenvalue weighted by molar-refractivity contribution is 6.05. The molecule has 88 valence electrons.